The summed E-state index contributed by atoms with van der Waals surface area (Å²) in [4.78, 5) is 13.4. The number of nitrogens with one attached hydrogen (secondary N) is 1. The van der Waals surface area contributed by atoms with E-state index in [9.17, 15) is 0 Å². The molecule has 3 nitrogen and oxygen atoms in total. The first-order valence-electron chi connectivity index (χ1n) is 7.89. The Morgan fingerprint density at radius 1 is 0.875 bits per heavy atom. The fourth-order valence-electron chi connectivity index (χ4n) is 2.64. The molecule has 2 aromatic heterocycles. The van der Waals surface area contributed by atoms with Crippen molar-refractivity contribution < 1.29 is 0 Å². The Kier molecular flexibility index (Phi) is 3.97. The number of aryl methyl sites for hydroxylation is 1. The van der Waals surface area contributed by atoms with Crippen molar-refractivity contribution in [2.24, 2.45) is 0 Å². The third kappa shape index (κ3) is 3.14. The third-order valence-corrected chi connectivity index (χ3v) is 4.94. The standard InChI is InChI=1S/C20H17N3S/c1-14-12-22-20(23-14)17-9-7-15(8-10-17)11-19-21-13-18(24-19)16-5-3-2-4-6-16/h2-10,12-13H,11H2,1H3,(H,22,23). The van der Waals surface area contributed by atoms with Gasteiger partial charge in [0.2, 0.25) is 0 Å². The minimum Gasteiger partial charge on any atom is -0.342 e. The zero-order valence-electron chi connectivity index (χ0n) is 13.4. The number of H-pyrrole nitrogens is 1. The summed E-state index contributed by atoms with van der Waals surface area (Å²) in [6.45, 7) is 2.01. The maximum atomic E-state index is 4.57. The van der Waals surface area contributed by atoms with E-state index in [4.69, 9.17) is 0 Å². The van der Waals surface area contributed by atoms with Crippen molar-refractivity contribution in [3.63, 3.8) is 0 Å². The third-order valence-electron chi connectivity index (χ3n) is 3.90. The topological polar surface area (TPSA) is 41.6 Å². The summed E-state index contributed by atoms with van der Waals surface area (Å²) in [6.07, 6.45) is 4.67. The Morgan fingerprint density at radius 3 is 2.38 bits per heavy atom. The van der Waals surface area contributed by atoms with Crippen molar-refractivity contribution in [2.75, 3.05) is 0 Å². The quantitative estimate of drug-likeness (QED) is 0.565. The van der Waals surface area contributed by atoms with E-state index in [-0.39, 0.29) is 0 Å². The first-order valence-corrected chi connectivity index (χ1v) is 8.70. The molecule has 0 unspecified atom stereocenters. The lowest BCUT2D eigenvalue weighted by atomic mass is 10.1. The SMILES string of the molecule is Cc1cnc(-c2ccc(Cc3ncc(-c4ccccc4)s3)cc2)[nH]1. The average Bonchev–Trinajstić information content (AvgIpc) is 3.26. The van der Waals surface area contributed by atoms with E-state index >= 15 is 0 Å². The van der Waals surface area contributed by atoms with Crippen LogP contribution in [0.3, 0.4) is 0 Å². The Bertz CT molecular complexity index is 936. The molecule has 0 bridgehead atoms. The average molecular weight is 331 g/mol. The van der Waals surface area contributed by atoms with Crippen molar-refractivity contribution >= 4 is 11.3 Å². The Labute approximate surface area is 145 Å². The first-order chi connectivity index (χ1) is 11.8. The van der Waals surface area contributed by atoms with Gasteiger partial charge in [0.05, 0.1) is 9.88 Å². The molecule has 2 aromatic carbocycles. The summed E-state index contributed by atoms with van der Waals surface area (Å²) in [5.41, 5.74) is 4.67. The highest BCUT2D eigenvalue weighted by molar-refractivity contribution is 7.15. The van der Waals surface area contributed by atoms with Crippen LogP contribution >= 0.6 is 11.3 Å². The number of thiazole rings is 1. The molecule has 0 radical (unpaired) electrons. The number of benzene rings is 2. The molecule has 0 aliphatic rings. The lowest BCUT2D eigenvalue weighted by Gasteiger charge is -2.01. The first kappa shape index (κ1) is 14.8. The van der Waals surface area contributed by atoms with Crippen LogP contribution in [0.15, 0.2) is 67.0 Å². The van der Waals surface area contributed by atoms with Crippen molar-refractivity contribution in [3.8, 4) is 21.8 Å². The highest BCUT2D eigenvalue weighted by Gasteiger charge is 2.06. The van der Waals surface area contributed by atoms with Gasteiger partial charge in [-0.1, -0.05) is 54.6 Å². The van der Waals surface area contributed by atoms with Crippen molar-refractivity contribution in [2.45, 2.75) is 13.3 Å². The molecule has 2 heterocycles. The summed E-state index contributed by atoms with van der Waals surface area (Å²) < 4.78 is 0. The van der Waals surface area contributed by atoms with E-state index in [0.29, 0.717) is 0 Å². The van der Waals surface area contributed by atoms with Gasteiger partial charge in [-0.2, -0.15) is 0 Å². The molecule has 0 saturated carbocycles. The maximum Gasteiger partial charge on any atom is 0.137 e. The molecule has 1 N–H and O–H groups in total. The second-order valence-corrected chi connectivity index (χ2v) is 6.89. The van der Waals surface area contributed by atoms with Gasteiger partial charge in [-0.3, -0.25) is 0 Å². The zero-order valence-corrected chi connectivity index (χ0v) is 14.2. The molecule has 0 aliphatic carbocycles. The van der Waals surface area contributed by atoms with Gasteiger partial charge in [-0.15, -0.1) is 11.3 Å². The molecule has 118 valence electrons. The van der Waals surface area contributed by atoms with Crippen LogP contribution in [0.4, 0.5) is 0 Å². The van der Waals surface area contributed by atoms with E-state index in [0.717, 1.165) is 28.5 Å². The fraction of sp³-hybridized carbons (Fsp3) is 0.100. The molecule has 0 fully saturated rings. The van der Waals surface area contributed by atoms with Gasteiger partial charge >= 0.3 is 0 Å². The Balaban J connectivity index is 1.51. The molecular weight excluding hydrogens is 314 g/mol. The minimum absolute atomic E-state index is 0.856. The van der Waals surface area contributed by atoms with E-state index < -0.39 is 0 Å². The van der Waals surface area contributed by atoms with Gasteiger partial charge in [0, 0.05) is 30.1 Å². The van der Waals surface area contributed by atoms with E-state index in [2.05, 4.69) is 63.5 Å². The molecule has 0 saturated heterocycles. The summed E-state index contributed by atoms with van der Waals surface area (Å²) in [5, 5.41) is 1.13. The number of aromatic nitrogens is 3. The molecule has 24 heavy (non-hydrogen) atoms. The molecule has 4 aromatic rings. The molecule has 0 amide bonds. The number of hydrogen-bond donors (Lipinski definition) is 1. The number of nitrogens with zero attached hydrogens (tertiary/aromatic N) is 2. The minimum atomic E-state index is 0.856. The Hall–Kier alpha value is -2.72. The van der Waals surface area contributed by atoms with Gasteiger partial charge in [0.15, 0.2) is 0 Å². The normalized spacial score (nSPS) is 10.9. The summed E-state index contributed by atoms with van der Waals surface area (Å²) >= 11 is 1.76. The summed E-state index contributed by atoms with van der Waals surface area (Å²) in [5.74, 6) is 0.916. The van der Waals surface area contributed by atoms with Crippen LogP contribution in [0.25, 0.3) is 21.8 Å². The van der Waals surface area contributed by atoms with Crippen LogP contribution in [0, 0.1) is 6.92 Å². The lowest BCUT2D eigenvalue weighted by Crippen LogP contribution is -1.87. The van der Waals surface area contributed by atoms with Crippen LogP contribution < -0.4 is 0 Å². The van der Waals surface area contributed by atoms with Gasteiger partial charge in [-0.25, -0.2) is 9.97 Å². The molecular formula is C20H17N3S. The van der Waals surface area contributed by atoms with Gasteiger partial charge in [0.25, 0.3) is 0 Å². The predicted octanol–water partition coefficient (Wildman–Crippen LogP) is 5.10. The summed E-state index contributed by atoms with van der Waals surface area (Å²) in [7, 11) is 0. The highest BCUT2D eigenvalue weighted by atomic mass is 32.1. The smallest absolute Gasteiger partial charge is 0.137 e. The number of aromatic amines is 1. The second-order valence-electron chi connectivity index (χ2n) is 5.77. The number of rotatable bonds is 4. The molecule has 0 atom stereocenters. The largest absolute Gasteiger partial charge is 0.342 e. The van der Waals surface area contributed by atoms with Crippen LogP contribution in [0.5, 0.6) is 0 Å². The van der Waals surface area contributed by atoms with E-state index in [1.807, 2.05) is 25.4 Å². The number of hydrogen-bond acceptors (Lipinski definition) is 3. The molecule has 0 aliphatic heterocycles. The van der Waals surface area contributed by atoms with Crippen molar-refractivity contribution in [1.82, 2.24) is 15.0 Å². The van der Waals surface area contributed by atoms with Crippen LogP contribution in [-0.2, 0) is 6.42 Å². The Morgan fingerprint density at radius 2 is 1.67 bits per heavy atom. The van der Waals surface area contributed by atoms with E-state index in [1.54, 1.807) is 11.3 Å². The van der Waals surface area contributed by atoms with E-state index in [1.165, 1.54) is 16.0 Å². The summed E-state index contributed by atoms with van der Waals surface area (Å²) in [6, 6.07) is 18.9. The van der Waals surface area contributed by atoms with Crippen molar-refractivity contribution in [1.29, 1.82) is 0 Å². The second kappa shape index (κ2) is 6.42. The molecule has 0 spiro atoms. The van der Waals surface area contributed by atoms with Gasteiger partial charge < -0.3 is 4.98 Å². The lowest BCUT2D eigenvalue weighted by molar-refractivity contribution is 1.14. The van der Waals surface area contributed by atoms with Crippen LogP contribution in [0.1, 0.15) is 16.3 Å². The fourth-order valence-corrected chi connectivity index (χ4v) is 3.60. The molecule has 4 rings (SSSR count). The monoisotopic (exact) mass is 331 g/mol. The maximum absolute atomic E-state index is 4.57. The van der Waals surface area contributed by atoms with Crippen LogP contribution in [-0.4, -0.2) is 15.0 Å². The van der Waals surface area contributed by atoms with Crippen molar-refractivity contribution in [3.05, 3.63) is 83.3 Å². The van der Waals surface area contributed by atoms with Crippen LogP contribution in [0.2, 0.25) is 0 Å². The highest BCUT2D eigenvalue weighted by Crippen LogP contribution is 2.27. The predicted molar refractivity (Wildman–Crippen MR) is 99.1 cm³/mol. The van der Waals surface area contributed by atoms with Gasteiger partial charge in [0.1, 0.15) is 5.82 Å². The van der Waals surface area contributed by atoms with Gasteiger partial charge in [-0.05, 0) is 18.1 Å². The molecule has 4 heteroatoms. The zero-order chi connectivity index (χ0) is 16.4. The number of imidazole rings is 1.